The van der Waals surface area contributed by atoms with Gasteiger partial charge < -0.3 is 15.4 Å². The zero-order chi connectivity index (χ0) is 20.1. The molecule has 0 radical (unpaired) electrons. The monoisotopic (exact) mass is 386 g/mol. The van der Waals surface area contributed by atoms with Crippen molar-refractivity contribution in [3.8, 4) is 0 Å². The van der Waals surface area contributed by atoms with E-state index in [4.69, 9.17) is 4.74 Å². The van der Waals surface area contributed by atoms with Gasteiger partial charge in [0.05, 0.1) is 18.4 Å². The van der Waals surface area contributed by atoms with Gasteiger partial charge in [0.15, 0.2) is 5.65 Å². The minimum atomic E-state index is -0.557. The second-order valence-corrected chi connectivity index (χ2v) is 6.55. The van der Waals surface area contributed by atoms with Gasteiger partial charge in [0, 0.05) is 12.1 Å². The van der Waals surface area contributed by atoms with E-state index < -0.39 is 17.4 Å². The SMILES string of the molecule is CCOC(=O)CNC(=O)c1cccn2c(=O)c(NC(=O)C3CCCC3)cnc12. The smallest absolute Gasteiger partial charge is 0.325 e. The average Bonchev–Trinajstić information content (AvgIpc) is 3.23. The third-order valence-electron chi connectivity index (χ3n) is 4.66. The number of nitrogens with one attached hydrogen (secondary N) is 2. The number of esters is 1. The van der Waals surface area contributed by atoms with Gasteiger partial charge in [-0.1, -0.05) is 12.8 Å². The van der Waals surface area contributed by atoms with Gasteiger partial charge in [0.2, 0.25) is 5.91 Å². The number of fused-ring (bicyclic) bond motifs is 1. The van der Waals surface area contributed by atoms with Crippen molar-refractivity contribution in [2.24, 2.45) is 5.92 Å². The van der Waals surface area contributed by atoms with Gasteiger partial charge in [-0.05, 0) is 31.9 Å². The second-order valence-electron chi connectivity index (χ2n) is 6.55. The molecule has 2 aromatic rings. The molecule has 1 saturated carbocycles. The van der Waals surface area contributed by atoms with Crippen molar-refractivity contribution >= 4 is 29.1 Å². The van der Waals surface area contributed by atoms with Crippen LogP contribution in [0.15, 0.2) is 29.3 Å². The second kappa shape index (κ2) is 8.64. The van der Waals surface area contributed by atoms with Crippen molar-refractivity contribution in [3.05, 3.63) is 40.4 Å². The molecule has 28 heavy (non-hydrogen) atoms. The number of hydrogen-bond donors (Lipinski definition) is 2. The number of carbonyl (C=O) groups is 3. The normalized spacial score (nSPS) is 14.0. The van der Waals surface area contributed by atoms with Crippen molar-refractivity contribution in [1.29, 1.82) is 0 Å². The Morgan fingerprint density at radius 2 is 2.04 bits per heavy atom. The first kappa shape index (κ1) is 19.5. The van der Waals surface area contributed by atoms with E-state index in [1.165, 1.54) is 28.9 Å². The standard InChI is InChI=1S/C19H22N4O5/c1-2-28-15(24)11-21-18(26)13-8-5-9-23-16(13)20-10-14(19(23)27)22-17(25)12-6-3-4-7-12/h5,8-10,12H,2-4,6-7,11H2,1H3,(H,21,26)(H,22,25). The Morgan fingerprint density at radius 1 is 1.29 bits per heavy atom. The maximum Gasteiger partial charge on any atom is 0.325 e. The van der Waals surface area contributed by atoms with Crippen LogP contribution in [0.5, 0.6) is 0 Å². The number of rotatable bonds is 6. The summed E-state index contributed by atoms with van der Waals surface area (Å²) in [6, 6.07) is 3.02. The first-order chi connectivity index (χ1) is 13.5. The molecular formula is C19H22N4O5. The van der Waals surface area contributed by atoms with Gasteiger partial charge in [0.25, 0.3) is 11.5 Å². The lowest BCUT2D eigenvalue weighted by molar-refractivity contribution is -0.141. The van der Waals surface area contributed by atoms with Crippen molar-refractivity contribution < 1.29 is 19.1 Å². The van der Waals surface area contributed by atoms with Crippen LogP contribution in [0.25, 0.3) is 5.65 Å². The lowest BCUT2D eigenvalue weighted by Gasteiger charge is -2.12. The molecule has 0 saturated heterocycles. The van der Waals surface area contributed by atoms with Gasteiger partial charge in [0.1, 0.15) is 12.2 Å². The molecule has 3 rings (SSSR count). The summed E-state index contributed by atoms with van der Waals surface area (Å²) in [5.41, 5.74) is -0.139. The number of carbonyl (C=O) groups excluding carboxylic acids is 3. The summed E-state index contributed by atoms with van der Waals surface area (Å²) in [6.45, 7) is 1.60. The summed E-state index contributed by atoms with van der Waals surface area (Å²) in [5.74, 6) is -1.38. The first-order valence-corrected chi connectivity index (χ1v) is 9.26. The van der Waals surface area contributed by atoms with E-state index in [0.717, 1.165) is 25.7 Å². The first-order valence-electron chi connectivity index (χ1n) is 9.26. The van der Waals surface area contributed by atoms with E-state index in [1.807, 2.05) is 0 Å². The van der Waals surface area contributed by atoms with Gasteiger partial charge in [-0.15, -0.1) is 0 Å². The number of amides is 2. The average molecular weight is 386 g/mol. The Kier molecular flexibility index (Phi) is 6.03. The minimum absolute atomic E-state index is 0.0680. The number of aromatic nitrogens is 2. The number of anilines is 1. The molecule has 9 heteroatoms. The Morgan fingerprint density at radius 3 is 2.75 bits per heavy atom. The molecule has 0 atom stereocenters. The van der Waals surface area contributed by atoms with E-state index in [1.54, 1.807) is 6.92 Å². The molecule has 2 heterocycles. The number of ether oxygens (including phenoxy) is 1. The molecule has 1 aliphatic carbocycles. The number of nitrogens with zero attached hydrogens (tertiary/aromatic N) is 2. The zero-order valence-electron chi connectivity index (χ0n) is 15.6. The number of hydrogen-bond acceptors (Lipinski definition) is 6. The fourth-order valence-electron chi connectivity index (χ4n) is 3.25. The number of pyridine rings is 1. The molecule has 0 spiro atoms. The van der Waals surface area contributed by atoms with Crippen molar-refractivity contribution in [1.82, 2.24) is 14.7 Å². The van der Waals surface area contributed by atoms with E-state index in [9.17, 15) is 19.2 Å². The van der Waals surface area contributed by atoms with Crippen LogP contribution >= 0.6 is 0 Å². The van der Waals surface area contributed by atoms with Crippen LogP contribution in [0.3, 0.4) is 0 Å². The lowest BCUT2D eigenvalue weighted by atomic mass is 10.1. The lowest BCUT2D eigenvalue weighted by Crippen LogP contribution is -2.32. The van der Waals surface area contributed by atoms with Gasteiger partial charge >= 0.3 is 5.97 Å². The van der Waals surface area contributed by atoms with Crippen LogP contribution in [-0.4, -0.2) is 40.3 Å². The molecule has 0 bridgehead atoms. The highest BCUT2D eigenvalue weighted by Gasteiger charge is 2.24. The molecule has 0 aliphatic heterocycles. The third-order valence-corrected chi connectivity index (χ3v) is 4.66. The Hall–Kier alpha value is -3.23. The van der Waals surface area contributed by atoms with Crippen molar-refractivity contribution in [3.63, 3.8) is 0 Å². The van der Waals surface area contributed by atoms with Crippen LogP contribution in [0.2, 0.25) is 0 Å². The van der Waals surface area contributed by atoms with Crippen molar-refractivity contribution in [2.75, 3.05) is 18.5 Å². The van der Waals surface area contributed by atoms with Crippen molar-refractivity contribution in [2.45, 2.75) is 32.6 Å². The molecule has 2 amide bonds. The molecule has 9 nitrogen and oxygen atoms in total. The van der Waals surface area contributed by atoms with Crippen LogP contribution < -0.4 is 16.2 Å². The Balaban J connectivity index is 1.82. The van der Waals surface area contributed by atoms with E-state index in [2.05, 4.69) is 15.6 Å². The highest BCUT2D eigenvalue weighted by Crippen LogP contribution is 2.25. The minimum Gasteiger partial charge on any atom is -0.465 e. The summed E-state index contributed by atoms with van der Waals surface area (Å²) in [5, 5.41) is 5.09. The van der Waals surface area contributed by atoms with Gasteiger partial charge in [-0.2, -0.15) is 0 Å². The molecule has 1 aliphatic rings. The quantitative estimate of drug-likeness (QED) is 0.718. The molecule has 0 unspecified atom stereocenters. The van der Waals surface area contributed by atoms with E-state index in [-0.39, 0.29) is 41.9 Å². The maximum atomic E-state index is 12.7. The summed E-state index contributed by atoms with van der Waals surface area (Å²) in [4.78, 5) is 52.9. The Labute approximate surface area is 161 Å². The molecule has 2 N–H and O–H groups in total. The van der Waals surface area contributed by atoms with E-state index in [0.29, 0.717) is 0 Å². The predicted octanol–water partition coefficient (Wildman–Crippen LogP) is 1.12. The molecular weight excluding hydrogens is 364 g/mol. The molecule has 1 fully saturated rings. The largest absolute Gasteiger partial charge is 0.465 e. The summed E-state index contributed by atoms with van der Waals surface area (Å²) >= 11 is 0. The zero-order valence-corrected chi connectivity index (χ0v) is 15.6. The summed E-state index contributed by atoms with van der Waals surface area (Å²) in [6.07, 6.45) is 6.39. The Bertz CT molecular complexity index is 962. The fraction of sp³-hybridized carbons (Fsp3) is 0.421. The topological polar surface area (TPSA) is 119 Å². The maximum absolute atomic E-state index is 12.7. The highest BCUT2D eigenvalue weighted by molar-refractivity contribution is 6.01. The van der Waals surface area contributed by atoms with E-state index >= 15 is 0 Å². The summed E-state index contributed by atoms with van der Waals surface area (Å²) in [7, 11) is 0. The molecule has 148 valence electrons. The predicted molar refractivity (Wildman–Crippen MR) is 101 cm³/mol. The fourth-order valence-corrected chi connectivity index (χ4v) is 3.25. The summed E-state index contributed by atoms with van der Waals surface area (Å²) < 4.78 is 5.96. The highest BCUT2D eigenvalue weighted by atomic mass is 16.5. The van der Waals surface area contributed by atoms with Crippen LogP contribution in [-0.2, 0) is 14.3 Å². The molecule has 0 aromatic carbocycles. The molecule has 2 aromatic heterocycles. The van der Waals surface area contributed by atoms with Gasteiger partial charge in [-0.25, -0.2) is 4.98 Å². The van der Waals surface area contributed by atoms with Crippen LogP contribution in [0.4, 0.5) is 5.69 Å². The van der Waals surface area contributed by atoms with Crippen LogP contribution in [0.1, 0.15) is 43.0 Å². The third kappa shape index (κ3) is 4.19. The van der Waals surface area contributed by atoms with Gasteiger partial charge in [-0.3, -0.25) is 23.6 Å². The van der Waals surface area contributed by atoms with Crippen LogP contribution in [0, 0.1) is 5.92 Å².